The molecule has 4 unspecified atom stereocenters. The number of aromatic nitrogens is 1. The number of benzene rings is 1. The van der Waals surface area contributed by atoms with Crippen LogP contribution in [0.5, 0.6) is 0 Å². The van der Waals surface area contributed by atoms with Crippen LogP contribution in [-0.4, -0.2) is 90.0 Å². The lowest BCUT2D eigenvalue weighted by molar-refractivity contribution is -0.960. The number of nitrogens with one attached hydrogen (secondary N) is 3. The van der Waals surface area contributed by atoms with E-state index >= 15 is 0 Å². The summed E-state index contributed by atoms with van der Waals surface area (Å²) >= 11 is 6.65. The van der Waals surface area contributed by atoms with Crippen molar-refractivity contribution in [3.05, 3.63) is 41.3 Å². The minimum absolute atomic E-state index is 0.0269. The number of hydrogen-bond donors (Lipinski definition) is 3. The largest absolute Gasteiger partial charge is 0.393 e. The second-order valence-electron chi connectivity index (χ2n) is 12.1. The Balaban J connectivity index is 1.15. The lowest BCUT2D eigenvalue weighted by Crippen LogP contribution is -2.70. The number of H-pyrrole nitrogens is 1. The van der Waals surface area contributed by atoms with Gasteiger partial charge < -0.3 is 25.0 Å². The fourth-order valence-corrected chi connectivity index (χ4v) is 8.01. The highest BCUT2D eigenvalue weighted by Gasteiger charge is 2.50. The predicted molar refractivity (Wildman–Crippen MR) is 150 cm³/mol. The zero-order valence-electron chi connectivity index (χ0n) is 22.7. The summed E-state index contributed by atoms with van der Waals surface area (Å²) in [6.45, 7) is 9.57. The van der Waals surface area contributed by atoms with E-state index in [1.165, 1.54) is 45.3 Å². The fraction of sp³-hybridized carbons (Fsp3) is 0.655. The number of aromatic amines is 1. The summed E-state index contributed by atoms with van der Waals surface area (Å²) < 4.78 is 40.4. The second-order valence-corrected chi connectivity index (χ2v) is 12.5. The molecule has 1 aromatic heterocycles. The minimum Gasteiger partial charge on any atom is -0.371 e. The van der Waals surface area contributed by atoms with Crippen molar-refractivity contribution in [1.82, 2.24) is 20.1 Å². The van der Waals surface area contributed by atoms with Crippen LogP contribution in [0.4, 0.5) is 18.9 Å². The highest BCUT2D eigenvalue weighted by molar-refractivity contribution is 6.35. The summed E-state index contributed by atoms with van der Waals surface area (Å²) in [4.78, 5) is 8.19. The number of rotatable bonds is 4. The predicted octanol–water partition coefficient (Wildman–Crippen LogP) is 5.60. The molecular weight excluding hydrogens is 525 g/mol. The van der Waals surface area contributed by atoms with E-state index < -0.39 is 12.1 Å². The van der Waals surface area contributed by atoms with Crippen LogP contribution in [0.1, 0.15) is 39.0 Å². The van der Waals surface area contributed by atoms with Gasteiger partial charge in [0.25, 0.3) is 0 Å². The molecule has 0 aliphatic carbocycles. The molecule has 1 spiro atoms. The number of alkyl halides is 3. The molecule has 4 aliphatic heterocycles. The highest BCUT2D eigenvalue weighted by atomic mass is 35.5. The van der Waals surface area contributed by atoms with Crippen molar-refractivity contribution in [1.29, 1.82) is 0 Å². The molecule has 4 atom stereocenters. The number of hydrogen-bond acceptors (Lipinski definition) is 4. The van der Waals surface area contributed by atoms with Gasteiger partial charge >= 0.3 is 6.18 Å². The monoisotopic (exact) mass is 565 g/mol. The second kappa shape index (κ2) is 10.7. The Kier molecular flexibility index (Phi) is 7.44. The molecule has 1 aromatic carbocycles. The van der Waals surface area contributed by atoms with Crippen LogP contribution in [0, 0.1) is 11.8 Å². The molecule has 5 heterocycles. The Morgan fingerprint density at radius 2 is 1.82 bits per heavy atom. The normalized spacial score (nSPS) is 30.3. The van der Waals surface area contributed by atoms with Crippen molar-refractivity contribution in [2.24, 2.45) is 11.8 Å². The van der Waals surface area contributed by atoms with Crippen molar-refractivity contribution < 1.29 is 17.7 Å². The molecule has 3 fully saturated rings. The van der Waals surface area contributed by atoms with Gasteiger partial charge in [-0.15, -0.1) is 0 Å². The smallest absolute Gasteiger partial charge is 0.371 e. The number of nitrogens with zero attached hydrogens (tertiary/aromatic N) is 3. The summed E-state index contributed by atoms with van der Waals surface area (Å²) in [6.07, 6.45) is 4.99. The zero-order valence-corrected chi connectivity index (χ0v) is 23.5. The van der Waals surface area contributed by atoms with Crippen LogP contribution in [-0.2, 0) is 0 Å². The number of anilines is 1. The first-order valence-electron chi connectivity index (χ1n) is 14.6. The summed E-state index contributed by atoms with van der Waals surface area (Å²) in [6, 6.07) is 6.75. The van der Waals surface area contributed by atoms with Gasteiger partial charge in [-0.2, -0.15) is 13.2 Å². The third-order valence-corrected chi connectivity index (χ3v) is 10.2. The first-order chi connectivity index (χ1) is 18.7. The van der Waals surface area contributed by atoms with Gasteiger partial charge in [0.15, 0.2) is 6.17 Å². The minimum atomic E-state index is -4.14. The molecule has 2 aromatic rings. The van der Waals surface area contributed by atoms with Gasteiger partial charge in [-0.05, 0) is 50.0 Å². The van der Waals surface area contributed by atoms with Gasteiger partial charge in [0.1, 0.15) is 0 Å². The standard InChI is InChI=1S/C29H41ClF3N6/c1-20-26(37-10-12-38(13-11-37)27-6-5-21(19-35-27)29(31,32)33)8-16-39(14-3-2-4-15-39)28(20)36-22-17-24(30)23-7-9-34-25(23)18-22/h6-7,9,17-18,20-21,26,28,34-36H,2-5,8,10-16,19H2,1H3/q+1. The number of quaternary nitrogens is 1. The molecule has 10 heteroatoms. The van der Waals surface area contributed by atoms with E-state index in [2.05, 4.69) is 44.5 Å². The first-order valence-corrected chi connectivity index (χ1v) is 15.0. The Bertz CT molecular complexity index is 1180. The van der Waals surface area contributed by atoms with Gasteiger partial charge in [0, 0.05) is 73.9 Å². The molecule has 3 N–H and O–H groups in total. The van der Waals surface area contributed by atoms with E-state index in [1.807, 2.05) is 12.3 Å². The molecular formula is C29H41ClF3N6+. The SMILES string of the molecule is CC1C(N2CCN(C3=CCC(C(F)(F)F)CN3)CC2)CC[N+]2(CCCCC2)C1Nc1cc(Cl)c2cc[nH]c2c1. The van der Waals surface area contributed by atoms with Crippen molar-refractivity contribution in [3.8, 4) is 0 Å². The number of piperazine rings is 1. The van der Waals surface area contributed by atoms with Gasteiger partial charge in [-0.1, -0.05) is 18.5 Å². The summed E-state index contributed by atoms with van der Waals surface area (Å²) in [7, 11) is 0. The number of piperidine rings is 2. The third-order valence-electron chi connectivity index (χ3n) is 9.92. The van der Waals surface area contributed by atoms with Crippen molar-refractivity contribution >= 4 is 28.2 Å². The van der Waals surface area contributed by atoms with E-state index in [4.69, 9.17) is 11.6 Å². The van der Waals surface area contributed by atoms with Crippen LogP contribution in [0.15, 0.2) is 36.3 Å². The van der Waals surface area contributed by atoms with Crippen LogP contribution in [0.25, 0.3) is 10.9 Å². The molecule has 4 aliphatic rings. The molecule has 0 saturated carbocycles. The maximum absolute atomic E-state index is 13.1. The fourth-order valence-electron chi connectivity index (χ4n) is 7.73. The molecule has 214 valence electrons. The van der Waals surface area contributed by atoms with Crippen LogP contribution >= 0.6 is 11.6 Å². The van der Waals surface area contributed by atoms with Crippen molar-refractivity contribution in [3.63, 3.8) is 0 Å². The molecule has 6 nitrogen and oxygen atoms in total. The summed E-state index contributed by atoms with van der Waals surface area (Å²) in [5, 5.41) is 8.86. The van der Waals surface area contributed by atoms with Crippen LogP contribution in [0.3, 0.4) is 0 Å². The molecule has 6 rings (SSSR count). The number of allylic oxidation sites excluding steroid dienone is 1. The van der Waals surface area contributed by atoms with Crippen LogP contribution in [0.2, 0.25) is 5.02 Å². The Morgan fingerprint density at radius 1 is 1.05 bits per heavy atom. The molecule has 39 heavy (non-hydrogen) atoms. The van der Waals surface area contributed by atoms with E-state index in [1.54, 1.807) is 6.08 Å². The Morgan fingerprint density at radius 3 is 2.51 bits per heavy atom. The Labute approximate surface area is 234 Å². The Hall–Kier alpha value is -2.10. The van der Waals surface area contributed by atoms with Crippen LogP contribution < -0.4 is 10.6 Å². The zero-order chi connectivity index (χ0) is 27.2. The number of fused-ring (bicyclic) bond motifs is 1. The average molecular weight is 566 g/mol. The van der Waals surface area contributed by atoms with Gasteiger partial charge in [-0.25, -0.2) is 0 Å². The lowest BCUT2D eigenvalue weighted by Gasteiger charge is -2.56. The quantitative estimate of drug-likeness (QED) is 0.422. The first kappa shape index (κ1) is 27.1. The topological polar surface area (TPSA) is 46.3 Å². The third kappa shape index (κ3) is 5.34. The van der Waals surface area contributed by atoms with Gasteiger partial charge in [0.2, 0.25) is 0 Å². The van der Waals surface area contributed by atoms with Crippen molar-refractivity contribution in [2.45, 2.75) is 57.4 Å². The molecule has 0 bridgehead atoms. The van der Waals surface area contributed by atoms with E-state index in [0.29, 0.717) is 18.1 Å². The van der Waals surface area contributed by atoms with E-state index in [0.717, 1.165) is 58.1 Å². The maximum atomic E-state index is 13.1. The summed E-state index contributed by atoms with van der Waals surface area (Å²) in [5.74, 6) is 0.0368. The van der Waals surface area contributed by atoms with Crippen molar-refractivity contribution in [2.75, 3.05) is 57.7 Å². The molecule has 0 amide bonds. The molecule has 3 saturated heterocycles. The highest BCUT2D eigenvalue weighted by Crippen LogP contribution is 2.39. The van der Waals surface area contributed by atoms with Gasteiger partial charge in [-0.3, -0.25) is 4.90 Å². The molecule has 0 radical (unpaired) electrons. The average Bonchev–Trinajstić information content (AvgIpc) is 3.41. The number of halogens is 4. The van der Waals surface area contributed by atoms with E-state index in [9.17, 15) is 13.2 Å². The van der Waals surface area contributed by atoms with E-state index in [-0.39, 0.29) is 13.0 Å². The lowest BCUT2D eigenvalue weighted by atomic mass is 9.84. The maximum Gasteiger partial charge on any atom is 0.393 e. The van der Waals surface area contributed by atoms with Gasteiger partial charge in [0.05, 0.1) is 36.4 Å². The summed E-state index contributed by atoms with van der Waals surface area (Å²) in [5.41, 5.74) is 2.13.